The summed E-state index contributed by atoms with van der Waals surface area (Å²) in [5.74, 6) is -3.72. The van der Waals surface area contributed by atoms with Crippen LogP contribution in [0.1, 0.15) is 30.9 Å². The van der Waals surface area contributed by atoms with Crippen LogP contribution in [0.4, 0.5) is 26.3 Å². The number of alkyl halides is 6. The van der Waals surface area contributed by atoms with Gasteiger partial charge in [-0.25, -0.2) is 0 Å². The average Bonchev–Trinajstić information content (AvgIpc) is 3.06. The SMILES string of the molecule is N[C@@H](CC(=O)N1CCn2c(nnc2C(F)(F)F)C1)CN1CC(C(F)(F)F)CCC1=O. The van der Waals surface area contributed by atoms with E-state index >= 15 is 0 Å². The zero-order valence-corrected chi connectivity index (χ0v) is 15.7. The van der Waals surface area contributed by atoms with E-state index in [1.165, 1.54) is 4.90 Å². The molecule has 2 atom stereocenters. The van der Waals surface area contributed by atoms with Crippen LogP contribution < -0.4 is 5.73 Å². The Morgan fingerprint density at radius 2 is 1.87 bits per heavy atom. The summed E-state index contributed by atoms with van der Waals surface area (Å²) in [4.78, 5) is 26.6. The van der Waals surface area contributed by atoms with Gasteiger partial charge in [0.05, 0.1) is 12.5 Å². The molecule has 30 heavy (non-hydrogen) atoms. The second-order valence-corrected chi connectivity index (χ2v) is 7.44. The highest BCUT2D eigenvalue weighted by Gasteiger charge is 2.44. The highest BCUT2D eigenvalue weighted by molar-refractivity contribution is 5.78. The van der Waals surface area contributed by atoms with E-state index in [4.69, 9.17) is 5.73 Å². The smallest absolute Gasteiger partial charge is 0.341 e. The Morgan fingerprint density at radius 3 is 2.50 bits per heavy atom. The highest BCUT2D eigenvalue weighted by atomic mass is 19.4. The minimum atomic E-state index is -4.66. The molecule has 2 N–H and O–H groups in total. The molecule has 0 aliphatic carbocycles. The molecule has 2 aliphatic heterocycles. The molecule has 0 spiro atoms. The quantitative estimate of drug-likeness (QED) is 0.706. The normalized spacial score (nSPS) is 21.6. The third-order valence-electron chi connectivity index (χ3n) is 5.21. The Balaban J connectivity index is 1.56. The number of nitrogens with zero attached hydrogens (tertiary/aromatic N) is 5. The predicted molar refractivity (Wildman–Crippen MR) is 88.4 cm³/mol. The first-order valence-corrected chi connectivity index (χ1v) is 9.23. The number of halogens is 6. The van der Waals surface area contributed by atoms with Crippen LogP contribution in [-0.4, -0.2) is 68.2 Å². The highest BCUT2D eigenvalue weighted by Crippen LogP contribution is 2.33. The lowest BCUT2D eigenvalue weighted by molar-refractivity contribution is -0.189. The van der Waals surface area contributed by atoms with Crippen molar-refractivity contribution in [2.24, 2.45) is 11.7 Å². The molecule has 1 saturated heterocycles. The fourth-order valence-electron chi connectivity index (χ4n) is 3.64. The van der Waals surface area contributed by atoms with Crippen molar-refractivity contribution < 1.29 is 35.9 Å². The van der Waals surface area contributed by atoms with Crippen LogP contribution in [0.3, 0.4) is 0 Å². The van der Waals surface area contributed by atoms with Crippen molar-refractivity contribution in [3.8, 4) is 0 Å². The third kappa shape index (κ3) is 4.84. The van der Waals surface area contributed by atoms with Gasteiger partial charge in [0, 0.05) is 45.1 Å². The molecule has 3 rings (SSSR count). The fraction of sp³-hybridized carbons (Fsp3) is 0.750. The number of likely N-dealkylation sites (tertiary alicyclic amines) is 1. The molecule has 2 aliphatic rings. The lowest BCUT2D eigenvalue weighted by Gasteiger charge is -2.35. The van der Waals surface area contributed by atoms with E-state index in [2.05, 4.69) is 10.2 Å². The number of fused-ring (bicyclic) bond motifs is 1. The molecular weight excluding hydrogens is 422 g/mol. The number of nitrogens with two attached hydrogens (primary N) is 1. The Morgan fingerprint density at radius 1 is 1.17 bits per heavy atom. The van der Waals surface area contributed by atoms with Gasteiger partial charge in [0.2, 0.25) is 17.6 Å². The lowest BCUT2D eigenvalue weighted by atomic mass is 9.96. The summed E-state index contributed by atoms with van der Waals surface area (Å²) in [5, 5.41) is 6.60. The molecule has 3 heterocycles. The summed E-state index contributed by atoms with van der Waals surface area (Å²) in [6.45, 7) is -1.06. The van der Waals surface area contributed by atoms with Gasteiger partial charge >= 0.3 is 12.4 Å². The van der Waals surface area contributed by atoms with Crippen LogP contribution in [0.5, 0.6) is 0 Å². The fourth-order valence-corrected chi connectivity index (χ4v) is 3.64. The minimum absolute atomic E-state index is 0.0154. The van der Waals surface area contributed by atoms with Crippen LogP contribution >= 0.6 is 0 Å². The Labute approximate surface area is 167 Å². The Kier molecular flexibility index (Phi) is 5.98. The first-order chi connectivity index (χ1) is 13.9. The van der Waals surface area contributed by atoms with Crippen molar-refractivity contribution in [3.05, 3.63) is 11.6 Å². The van der Waals surface area contributed by atoms with Gasteiger partial charge in [-0.3, -0.25) is 9.59 Å². The van der Waals surface area contributed by atoms with Gasteiger partial charge in [-0.15, -0.1) is 10.2 Å². The largest absolute Gasteiger partial charge is 0.451 e. The second-order valence-electron chi connectivity index (χ2n) is 7.44. The van der Waals surface area contributed by atoms with Crippen molar-refractivity contribution in [3.63, 3.8) is 0 Å². The maximum absolute atomic E-state index is 12.9. The molecule has 0 saturated carbocycles. The molecular formula is C16H20F6N6O2. The Hall–Kier alpha value is -2.38. The maximum atomic E-state index is 12.9. The molecule has 2 amide bonds. The van der Waals surface area contributed by atoms with Crippen molar-refractivity contribution in [1.29, 1.82) is 0 Å². The lowest BCUT2D eigenvalue weighted by Crippen LogP contribution is -2.50. The summed E-state index contributed by atoms with van der Waals surface area (Å²) in [7, 11) is 0. The number of amides is 2. The second kappa shape index (κ2) is 8.04. The van der Waals surface area contributed by atoms with Crippen LogP contribution in [0.15, 0.2) is 0 Å². The number of hydrogen-bond acceptors (Lipinski definition) is 5. The number of piperidine rings is 1. The van der Waals surface area contributed by atoms with Crippen LogP contribution in [0.2, 0.25) is 0 Å². The van der Waals surface area contributed by atoms with Gasteiger partial charge in [-0.05, 0) is 6.42 Å². The van der Waals surface area contributed by atoms with Gasteiger partial charge < -0.3 is 20.1 Å². The standard InChI is InChI=1S/C16H20F6N6O2/c17-15(18,19)9-1-2-12(29)27(6-9)7-10(23)5-13(30)26-3-4-28-11(8-26)24-25-14(28)16(20,21)22/h9-10H,1-8,23H2/t9?,10-/m0/s1. The van der Waals surface area contributed by atoms with E-state index in [0.717, 1.165) is 9.47 Å². The molecule has 14 heteroatoms. The molecule has 1 aromatic heterocycles. The number of hydrogen-bond donors (Lipinski definition) is 1. The summed E-state index contributed by atoms with van der Waals surface area (Å²) in [5.41, 5.74) is 5.88. The minimum Gasteiger partial charge on any atom is -0.341 e. The van der Waals surface area contributed by atoms with Gasteiger partial charge in [-0.2, -0.15) is 26.3 Å². The number of carbonyl (C=O) groups is 2. The molecule has 0 radical (unpaired) electrons. The van der Waals surface area contributed by atoms with Gasteiger partial charge in [0.15, 0.2) is 5.82 Å². The van der Waals surface area contributed by atoms with Crippen LogP contribution in [0, 0.1) is 5.92 Å². The summed E-state index contributed by atoms with van der Waals surface area (Å²) in [6, 6.07) is -0.904. The monoisotopic (exact) mass is 442 g/mol. The zero-order chi connectivity index (χ0) is 22.3. The van der Waals surface area contributed by atoms with Crippen molar-refractivity contribution in [2.45, 2.75) is 50.7 Å². The number of aromatic nitrogens is 3. The van der Waals surface area contributed by atoms with E-state index < -0.39 is 48.5 Å². The number of rotatable bonds is 4. The average molecular weight is 442 g/mol. The van der Waals surface area contributed by atoms with E-state index in [9.17, 15) is 35.9 Å². The van der Waals surface area contributed by atoms with Crippen LogP contribution in [0.25, 0.3) is 0 Å². The molecule has 168 valence electrons. The predicted octanol–water partition coefficient (Wildman–Crippen LogP) is 1.16. The number of carbonyl (C=O) groups excluding carboxylic acids is 2. The van der Waals surface area contributed by atoms with E-state index in [1.54, 1.807) is 0 Å². The first-order valence-electron chi connectivity index (χ1n) is 9.23. The zero-order valence-electron chi connectivity index (χ0n) is 15.7. The van der Waals surface area contributed by atoms with Crippen LogP contribution in [-0.2, 0) is 28.9 Å². The molecule has 8 nitrogen and oxygen atoms in total. The van der Waals surface area contributed by atoms with E-state index in [1.807, 2.05) is 0 Å². The van der Waals surface area contributed by atoms with Crippen molar-refractivity contribution >= 4 is 11.8 Å². The summed E-state index contributed by atoms with van der Waals surface area (Å²) in [6.07, 6.45) is -9.86. The van der Waals surface area contributed by atoms with Gasteiger partial charge in [0.25, 0.3) is 0 Å². The van der Waals surface area contributed by atoms with Crippen molar-refractivity contribution in [2.75, 3.05) is 19.6 Å². The Bertz CT molecular complexity index is 807. The van der Waals surface area contributed by atoms with E-state index in [0.29, 0.717) is 0 Å². The molecule has 1 fully saturated rings. The summed E-state index contributed by atoms with van der Waals surface area (Å²) >= 11 is 0. The topological polar surface area (TPSA) is 97.3 Å². The van der Waals surface area contributed by atoms with Crippen molar-refractivity contribution in [1.82, 2.24) is 24.6 Å². The molecule has 1 aromatic rings. The maximum Gasteiger partial charge on any atom is 0.451 e. The molecule has 1 unspecified atom stereocenters. The van der Waals surface area contributed by atoms with Gasteiger partial charge in [-0.1, -0.05) is 0 Å². The third-order valence-corrected chi connectivity index (χ3v) is 5.21. The van der Waals surface area contributed by atoms with Gasteiger partial charge in [0.1, 0.15) is 0 Å². The van der Waals surface area contributed by atoms with E-state index in [-0.39, 0.29) is 51.3 Å². The summed E-state index contributed by atoms with van der Waals surface area (Å²) < 4.78 is 78.3. The molecule has 0 aromatic carbocycles. The molecule has 0 bridgehead atoms. The first kappa shape index (κ1) is 22.3.